The summed E-state index contributed by atoms with van der Waals surface area (Å²) in [5, 5.41) is 5.73. The number of fused-ring (bicyclic) bond motifs is 2. The summed E-state index contributed by atoms with van der Waals surface area (Å²) in [5.74, 6) is -0.476. The van der Waals surface area contributed by atoms with Crippen LogP contribution in [0, 0.1) is 5.82 Å². The van der Waals surface area contributed by atoms with Crippen molar-refractivity contribution >= 4 is 23.2 Å². The SMILES string of the molecule is COc1ccc2c(c1)C(C)[C@@H](C(=O)NC1=C3C=CC=CC3NC1=O)N2c1ccc(F)cc1. The second kappa shape index (κ2) is 7.67. The fraction of sp³-hybridized carbons (Fsp3) is 0.200. The molecule has 6 nitrogen and oxygen atoms in total. The molecule has 5 rings (SSSR count). The number of hydrogen-bond acceptors (Lipinski definition) is 4. The molecule has 2 aromatic carbocycles. The van der Waals surface area contributed by atoms with E-state index in [0.717, 1.165) is 16.8 Å². The molecule has 0 saturated carbocycles. The Kier molecular flexibility index (Phi) is 4.81. The van der Waals surface area contributed by atoms with Crippen LogP contribution in [0.1, 0.15) is 18.4 Å². The summed E-state index contributed by atoms with van der Waals surface area (Å²) in [6.45, 7) is 1.96. The number of nitrogens with one attached hydrogen (secondary N) is 2. The number of anilines is 2. The molecule has 0 saturated heterocycles. The van der Waals surface area contributed by atoms with Crippen LogP contribution in [-0.2, 0) is 9.59 Å². The quantitative estimate of drug-likeness (QED) is 0.778. The number of carbonyl (C=O) groups excluding carboxylic acids is 2. The van der Waals surface area contributed by atoms with E-state index in [9.17, 15) is 14.0 Å². The van der Waals surface area contributed by atoms with Crippen molar-refractivity contribution in [1.29, 1.82) is 0 Å². The second-order valence-electron chi connectivity index (χ2n) is 8.02. The van der Waals surface area contributed by atoms with Gasteiger partial charge in [-0.1, -0.05) is 31.2 Å². The van der Waals surface area contributed by atoms with Gasteiger partial charge < -0.3 is 20.3 Å². The van der Waals surface area contributed by atoms with E-state index in [1.807, 2.05) is 54.3 Å². The van der Waals surface area contributed by atoms with Gasteiger partial charge in [-0.3, -0.25) is 9.59 Å². The number of amides is 2. The predicted octanol–water partition coefficient (Wildman–Crippen LogP) is 3.45. The maximum atomic E-state index is 13.6. The lowest BCUT2D eigenvalue weighted by molar-refractivity contribution is -0.124. The third kappa shape index (κ3) is 3.17. The van der Waals surface area contributed by atoms with E-state index in [2.05, 4.69) is 10.6 Å². The minimum Gasteiger partial charge on any atom is -0.497 e. The van der Waals surface area contributed by atoms with Crippen molar-refractivity contribution in [1.82, 2.24) is 10.6 Å². The highest BCUT2D eigenvalue weighted by molar-refractivity contribution is 6.04. The number of hydrogen-bond donors (Lipinski definition) is 2. The normalized spacial score (nSPS) is 23.2. The van der Waals surface area contributed by atoms with Crippen molar-refractivity contribution in [3.63, 3.8) is 0 Å². The third-order valence-electron chi connectivity index (χ3n) is 6.19. The van der Waals surface area contributed by atoms with Gasteiger partial charge in [0.05, 0.1) is 13.2 Å². The number of ether oxygens (including phenoxy) is 1. The lowest BCUT2D eigenvalue weighted by Gasteiger charge is -2.28. The molecule has 2 amide bonds. The number of nitrogens with zero attached hydrogens (tertiary/aromatic N) is 1. The molecule has 1 aliphatic carbocycles. The molecular weight excluding hydrogens is 409 g/mol. The molecule has 32 heavy (non-hydrogen) atoms. The van der Waals surface area contributed by atoms with E-state index < -0.39 is 6.04 Å². The van der Waals surface area contributed by atoms with E-state index in [1.165, 1.54) is 12.1 Å². The predicted molar refractivity (Wildman–Crippen MR) is 119 cm³/mol. The first-order chi connectivity index (χ1) is 15.5. The number of benzene rings is 2. The summed E-state index contributed by atoms with van der Waals surface area (Å²) in [6.07, 6.45) is 7.40. The smallest absolute Gasteiger partial charge is 0.268 e. The molecule has 7 heteroatoms. The van der Waals surface area contributed by atoms with Crippen molar-refractivity contribution in [3.05, 3.63) is 89.4 Å². The molecule has 0 bridgehead atoms. The molecule has 162 valence electrons. The van der Waals surface area contributed by atoms with Gasteiger partial charge in [-0.15, -0.1) is 0 Å². The molecule has 0 radical (unpaired) electrons. The first kappa shape index (κ1) is 20.1. The van der Waals surface area contributed by atoms with Crippen LogP contribution >= 0.6 is 0 Å². The molecule has 2 heterocycles. The van der Waals surface area contributed by atoms with Crippen LogP contribution in [0.15, 0.2) is 78.0 Å². The highest BCUT2D eigenvalue weighted by Gasteiger charge is 2.43. The van der Waals surface area contributed by atoms with Crippen LogP contribution in [0.25, 0.3) is 0 Å². The van der Waals surface area contributed by atoms with Crippen LogP contribution in [0.2, 0.25) is 0 Å². The Hall–Kier alpha value is -3.87. The van der Waals surface area contributed by atoms with Gasteiger partial charge in [-0.05, 0) is 48.0 Å². The number of rotatable bonds is 4. The van der Waals surface area contributed by atoms with Gasteiger partial charge in [-0.25, -0.2) is 4.39 Å². The molecule has 0 aromatic heterocycles. The molecule has 0 fully saturated rings. The number of methoxy groups -OCH3 is 1. The first-order valence-corrected chi connectivity index (χ1v) is 10.4. The summed E-state index contributed by atoms with van der Waals surface area (Å²) < 4.78 is 19.0. The zero-order valence-electron chi connectivity index (χ0n) is 17.6. The van der Waals surface area contributed by atoms with Crippen LogP contribution in [0.4, 0.5) is 15.8 Å². The number of carbonyl (C=O) groups is 2. The second-order valence-corrected chi connectivity index (χ2v) is 8.02. The van der Waals surface area contributed by atoms with E-state index in [-0.39, 0.29) is 35.3 Å². The Labute approximate surface area is 185 Å². The van der Waals surface area contributed by atoms with Gasteiger partial charge in [-0.2, -0.15) is 0 Å². The van der Waals surface area contributed by atoms with Crippen molar-refractivity contribution in [3.8, 4) is 5.75 Å². The molecule has 2 aliphatic heterocycles. The highest BCUT2D eigenvalue weighted by atomic mass is 19.1. The topological polar surface area (TPSA) is 70.7 Å². The Balaban J connectivity index is 1.54. The minimum absolute atomic E-state index is 0.196. The maximum absolute atomic E-state index is 13.6. The lowest BCUT2D eigenvalue weighted by Crippen LogP contribution is -2.45. The summed E-state index contributed by atoms with van der Waals surface area (Å²) in [4.78, 5) is 28.0. The molecule has 2 N–H and O–H groups in total. The van der Waals surface area contributed by atoms with Crippen LogP contribution in [-0.4, -0.2) is 31.0 Å². The zero-order valence-corrected chi connectivity index (χ0v) is 17.6. The first-order valence-electron chi connectivity index (χ1n) is 10.4. The Morgan fingerprint density at radius 2 is 1.94 bits per heavy atom. The molecular formula is C25H22FN3O3. The molecule has 0 spiro atoms. The number of allylic oxidation sites excluding steroid dienone is 2. The van der Waals surface area contributed by atoms with Crippen molar-refractivity contribution < 1.29 is 18.7 Å². The summed E-state index contributed by atoms with van der Waals surface area (Å²) in [7, 11) is 1.60. The average molecular weight is 431 g/mol. The molecule has 3 aliphatic rings. The molecule has 2 unspecified atom stereocenters. The average Bonchev–Trinajstić information content (AvgIpc) is 3.27. The van der Waals surface area contributed by atoms with Gasteiger partial charge in [0, 0.05) is 22.9 Å². The standard InChI is InChI=1S/C25H22FN3O3/c1-14-19-13-17(32-2)11-12-21(19)29(16-9-7-15(26)8-10-16)23(14)25(31)28-22-18-5-3-4-6-20(18)27-24(22)30/h3-14,20,23H,1-2H3,(H,27,30)(H,28,31)/t14?,20?,23-/m0/s1. The fourth-order valence-corrected chi connectivity index (χ4v) is 4.61. The van der Waals surface area contributed by atoms with Gasteiger partial charge in [0.25, 0.3) is 5.91 Å². The van der Waals surface area contributed by atoms with Crippen LogP contribution in [0.5, 0.6) is 5.75 Å². The fourth-order valence-electron chi connectivity index (χ4n) is 4.61. The van der Waals surface area contributed by atoms with E-state index in [1.54, 1.807) is 19.2 Å². The van der Waals surface area contributed by atoms with Crippen molar-refractivity contribution in [2.75, 3.05) is 12.0 Å². The van der Waals surface area contributed by atoms with Gasteiger partial charge in [0.1, 0.15) is 23.3 Å². The van der Waals surface area contributed by atoms with Gasteiger partial charge in [0.2, 0.25) is 5.91 Å². The largest absolute Gasteiger partial charge is 0.497 e. The van der Waals surface area contributed by atoms with Crippen LogP contribution in [0.3, 0.4) is 0 Å². The summed E-state index contributed by atoms with van der Waals surface area (Å²) in [6, 6.07) is 10.8. The maximum Gasteiger partial charge on any atom is 0.268 e. The summed E-state index contributed by atoms with van der Waals surface area (Å²) in [5.41, 5.74) is 3.48. The van der Waals surface area contributed by atoms with Crippen molar-refractivity contribution in [2.45, 2.75) is 24.9 Å². The Bertz CT molecular complexity index is 1200. The van der Waals surface area contributed by atoms with E-state index in [4.69, 9.17) is 4.74 Å². The third-order valence-corrected chi connectivity index (χ3v) is 6.19. The van der Waals surface area contributed by atoms with E-state index in [0.29, 0.717) is 11.4 Å². The van der Waals surface area contributed by atoms with Crippen LogP contribution < -0.4 is 20.3 Å². The minimum atomic E-state index is -0.634. The Morgan fingerprint density at radius 1 is 1.16 bits per heavy atom. The molecule has 2 aromatic rings. The lowest BCUT2D eigenvalue weighted by atomic mass is 9.96. The molecule has 3 atom stereocenters. The summed E-state index contributed by atoms with van der Waals surface area (Å²) >= 11 is 0. The monoisotopic (exact) mass is 431 g/mol. The number of halogens is 1. The van der Waals surface area contributed by atoms with Gasteiger partial charge in [0.15, 0.2) is 0 Å². The van der Waals surface area contributed by atoms with Crippen molar-refractivity contribution in [2.24, 2.45) is 0 Å². The zero-order chi connectivity index (χ0) is 22.4. The Morgan fingerprint density at radius 3 is 2.69 bits per heavy atom. The van der Waals surface area contributed by atoms with Gasteiger partial charge >= 0.3 is 0 Å². The van der Waals surface area contributed by atoms with E-state index >= 15 is 0 Å². The highest BCUT2D eigenvalue weighted by Crippen LogP contribution is 2.46.